The maximum Gasteiger partial charge on any atom is 0.170 e. The molecular weight excluding hydrogens is 336 g/mol. The van der Waals surface area contributed by atoms with E-state index in [9.17, 15) is 0 Å². The molecule has 1 saturated heterocycles. The second-order valence-electron chi connectivity index (χ2n) is 6.09. The van der Waals surface area contributed by atoms with E-state index in [1.54, 1.807) is 0 Å². The van der Waals surface area contributed by atoms with Crippen LogP contribution in [0.25, 0.3) is 5.69 Å². The van der Waals surface area contributed by atoms with E-state index < -0.39 is 0 Å². The van der Waals surface area contributed by atoms with E-state index in [0.29, 0.717) is 0 Å². The zero-order valence-corrected chi connectivity index (χ0v) is 14.5. The van der Waals surface area contributed by atoms with Crippen LogP contribution >= 0.6 is 11.6 Å². The number of para-hydroxylation sites is 1. The van der Waals surface area contributed by atoms with E-state index in [1.807, 2.05) is 53.2 Å². The quantitative estimate of drug-likeness (QED) is 0.721. The number of nitrogens with zero attached hydrogens (tertiary/aromatic N) is 6. The summed E-state index contributed by atoms with van der Waals surface area (Å²) in [7, 11) is 0. The Morgan fingerprint density at radius 3 is 2.40 bits per heavy atom. The van der Waals surface area contributed by atoms with Gasteiger partial charge in [-0.15, -0.1) is 5.10 Å². The third-order valence-corrected chi connectivity index (χ3v) is 4.68. The summed E-state index contributed by atoms with van der Waals surface area (Å²) in [6.45, 7) is 4.61. The van der Waals surface area contributed by atoms with Crippen LogP contribution in [0.4, 0.5) is 5.69 Å². The zero-order valence-electron chi connectivity index (χ0n) is 13.8. The smallest absolute Gasteiger partial charge is 0.170 e. The molecule has 0 atom stereocenters. The number of aromatic nitrogens is 4. The Morgan fingerprint density at radius 2 is 1.64 bits per heavy atom. The van der Waals surface area contributed by atoms with Gasteiger partial charge in [0.1, 0.15) is 0 Å². The molecule has 0 unspecified atom stereocenters. The number of rotatable bonds is 4. The minimum Gasteiger partial charge on any atom is -0.369 e. The number of hydrogen-bond acceptors (Lipinski definition) is 5. The van der Waals surface area contributed by atoms with Gasteiger partial charge in [0.2, 0.25) is 0 Å². The fourth-order valence-corrected chi connectivity index (χ4v) is 3.30. The molecule has 1 fully saturated rings. The summed E-state index contributed by atoms with van der Waals surface area (Å²) in [5, 5.41) is 13.0. The molecule has 6 nitrogen and oxygen atoms in total. The lowest BCUT2D eigenvalue weighted by atomic mass is 10.2. The van der Waals surface area contributed by atoms with Crippen molar-refractivity contribution in [2.45, 2.75) is 6.54 Å². The van der Waals surface area contributed by atoms with Gasteiger partial charge in [-0.1, -0.05) is 35.9 Å². The van der Waals surface area contributed by atoms with Gasteiger partial charge in [0, 0.05) is 36.9 Å². The van der Waals surface area contributed by atoms with Crippen molar-refractivity contribution in [1.29, 1.82) is 0 Å². The molecule has 1 aliphatic rings. The van der Waals surface area contributed by atoms with Gasteiger partial charge < -0.3 is 4.90 Å². The molecule has 0 radical (unpaired) electrons. The van der Waals surface area contributed by atoms with E-state index in [0.717, 1.165) is 49.3 Å². The first-order valence-electron chi connectivity index (χ1n) is 8.35. The fraction of sp³-hybridized carbons (Fsp3) is 0.278. The lowest BCUT2D eigenvalue weighted by molar-refractivity contribution is 0.242. The van der Waals surface area contributed by atoms with Crippen molar-refractivity contribution in [2.24, 2.45) is 0 Å². The normalized spacial score (nSPS) is 15.5. The van der Waals surface area contributed by atoms with Crippen LogP contribution in [-0.4, -0.2) is 51.3 Å². The minimum atomic E-state index is 0.741. The van der Waals surface area contributed by atoms with Gasteiger partial charge in [-0.25, -0.2) is 0 Å². The third kappa shape index (κ3) is 3.65. The number of benzene rings is 2. The van der Waals surface area contributed by atoms with Gasteiger partial charge in [0.25, 0.3) is 0 Å². The van der Waals surface area contributed by atoms with Crippen molar-refractivity contribution >= 4 is 17.3 Å². The SMILES string of the molecule is Clc1cccc(N2CCN(Cc3nnnn3-c3ccccc3)CC2)c1. The highest BCUT2D eigenvalue weighted by Gasteiger charge is 2.20. The molecule has 128 valence electrons. The Balaban J connectivity index is 1.41. The summed E-state index contributed by atoms with van der Waals surface area (Å²) in [4.78, 5) is 4.74. The molecule has 0 aliphatic carbocycles. The Kier molecular flexibility index (Phi) is 4.63. The number of anilines is 1. The highest BCUT2D eigenvalue weighted by Crippen LogP contribution is 2.21. The monoisotopic (exact) mass is 354 g/mol. The highest BCUT2D eigenvalue weighted by atomic mass is 35.5. The Hall–Kier alpha value is -2.44. The first-order chi connectivity index (χ1) is 12.3. The Morgan fingerprint density at radius 1 is 0.880 bits per heavy atom. The molecule has 2 heterocycles. The van der Waals surface area contributed by atoms with E-state index in [-0.39, 0.29) is 0 Å². The largest absolute Gasteiger partial charge is 0.369 e. The van der Waals surface area contributed by atoms with Gasteiger partial charge >= 0.3 is 0 Å². The van der Waals surface area contributed by atoms with Crippen LogP contribution in [0, 0.1) is 0 Å². The first-order valence-corrected chi connectivity index (χ1v) is 8.73. The van der Waals surface area contributed by atoms with Crippen molar-refractivity contribution in [3.8, 4) is 5.69 Å². The summed E-state index contributed by atoms with van der Waals surface area (Å²) in [6.07, 6.45) is 0. The van der Waals surface area contributed by atoms with Gasteiger partial charge in [-0.3, -0.25) is 4.90 Å². The van der Waals surface area contributed by atoms with Crippen LogP contribution in [0.15, 0.2) is 54.6 Å². The van der Waals surface area contributed by atoms with E-state index in [2.05, 4.69) is 31.4 Å². The van der Waals surface area contributed by atoms with Crippen LogP contribution in [0.1, 0.15) is 5.82 Å². The van der Waals surface area contributed by atoms with E-state index in [4.69, 9.17) is 11.6 Å². The maximum atomic E-state index is 6.10. The summed E-state index contributed by atoms with van der Waals surface area (Å²) < 4.78 is 1.81. The van der Waals surface area contributed by atoms with Crippen LogP contribution in [0.2, 0.25) is 5.02 Å². The first kappa shape index (κ1) is 16.1. The summed E-state index contributed by atoms with van der Waals surface area (Å²) in [5.41, 5.74) is 2.17. The van der Waals surface area contributed by atoms with Crippen molar-refractivity contribution < 1.29 is 0 Å². The maximum absolute atomic E-state index is 6.10. The molecule has 25 heavy (non-hydrogen) atoms. The van der Waals surface area contributed by atoms with Gasteiger partial charge in [-0.05, 0) is 40.8 Å². The zero-order chi connectivity index (χ0) is 17.1. The fourth-order valence-electron chi connectivity index (χ4n) is 3.11. The molecule has 0 N–H and O–H groups in total. The molecule has 4 rings (SSSR count). The molecule has 1 aromatic heterocycles. The average Bonchev–Trinajstić information content (AvgIpc) is 3.11. The molecule has 0 saturated carbocycles. The molecule has 3 aromatic rings. The van der Waals surface area contributed by atoms with E-state index >= 15 is 0 Å². The molecule has 0 amide bonds. The lowest BCUT2D eigenvalue weighted by Gasteiger charge is -2.35. The summed E-state index contributed by atoms with van der Waals surface area (Å²) in [5.74, 6) is 0.863. The lowest BCUT2D eigenvalue weighted by Crippen LogP contribution is -2.46. The molecule has 0 spiro atoms. The van der Waals surface area contributed by atoms with Crippen LogP contribution < -0.4 is 4.90 Å². The molecule has 0 bridgehead atoms. The minimum absolute atomic E-state index is 0.741. The second kappa shape index (κ2) is 7.21. The number of hydrogen-bond donors (Lipinski definition) is 0. The molecular formula is C18H19ClN6. The van der Waals surface area contributed by atoms with Crippen molar-refractivity contribution in [3.05, 3.63) is 65.4 Å². The number of halogens is 1. The predicted molar refractivity (Wildman–Crippen MR) is 98.1 cm³/mol. The summed E-state index contributed by atoms with van der Waals surface area (Å²) in [6, 6.07) is 18.0. The van der Waals surface area contributed by atoms with Gasteiger partial charge in [-0.2, -0.15) is 4.68 Å². The van der Waals surface area contributed by atoms with Crippen molar-refractivity contribution in [2.75, 3.05) is 31.1 Å². The average molecular weight is 355 g/mol. The van der Waals surface area contributed by atoms with Crippen LogP contribution in [-0.2, 0) is 6.54 Å². The second-order valence-corrected chi connectivity index (χ2v) is 6.52. The van der Waals surface area contributed by atoms with Gasteiger partial charge in [0.05, 0.1) is 12.2 Å². The van der Waals surface area contributed by atoms with E-state index in [1.165, 1.54) is 5.69 Å². The predicted octanol–water partition coefficient (Wildman–Crippen LogP) is 2.64. The number of tetrazole rings is 1. The standard InChI is InChI=1S/C18H19ClN6/c19-15-5-4-8-17(13-15)24-11-9-23(10-12-24)14-18-20-21-22-25(18)16-6-2-1-3-7-16/h1-8,13H,9-12,14H2. The molecule has 1 aliphatic heterocycles. The third-order valence-electron chi connectivity index (χ3n) is 4.45. The van der Waals surface area contributed by atoms with Gasteiger partial charge in [0.15, 0.2) is 5.82 Å². The van der Waals surface area contributed by atoms with Crippen molar-refractivity contribution in [1.82, 2.24) is 25.1 Å². The Bertz CT molecular complexity index is 826. The number of piperazine rings is 1. The molecule has 2 aromatic carbocycles. The molecule has 7 heteroatoms. The van der Waals surface area contributed by atoms with Crippen molar-refractivity contribution in [3.63, 3.8) is 0 Å². The summed E-state index contributed by atoms with van der Waals surface area (Å²) >= 11 is 6.10. The topological polar surface area (TPSA) is 50.1 Å². The Labute approximate surface area is 151 Å². The van der Waals surface area contributed by atoms with Crippen LogP contribution in [0.5, 0.6) is 0 Å². The highest BCUT2D eigenvalue weighted by molar-refractivity contribution is 6.30. The van der Waals surface area contributed by atoms with Crippen LogP contribution in [0.3, 0.4) is 0 Å².